The number of rotatable bonds is 8. The lowest BCUT2D eigenvalue weighted by molar-refractivity contribution is -0.119. The normalized spacial score (nSPS) is 11.1. The zero-order chi connectivity index (χ0) is 15.9. The van der Waals surface area contributed by atoms with Gasteiger partial charge in [-0.3, -0.25) is 9.36 Å². The predicted molar refractivity (Wildman–Crippen MR) is 86.6 cm³/mol. The second kappa shape index (κ2) is 8.03. The van der Waals surface area contributed by atoms with E-state index in [1.165, 1.54) is 11.8 Å². The summed E-state index contributed by atoms with van der Waals surface area (Å²) in [6, 6.07) is 3.92. The number of carbonyl (C=O) groups is 1. The summed E-state index contributed by atoms with van der Waals surface area (Å²) in [5, 5.41) is 12.1. The molecule has 0 radical (unpaired) electrons. The van der Waals surface area contributed by atoms with Crippen molar-refractivity contribution < 1.29 is 9.21 Å². The lowest BCUT2D eigenvalue weighted by atomic mass is 10.2. The molecule has 0 bridgehead atoms. The second-order valence-corrected chi connectivity index (χ2v) is 5.84. The molecular weight excluding hydrogens is 300 g/mol. The van der Waals surface area contributed by atoms with E-state index in [4.69, 9.17) is 4.42 Å². The van der Waals surface area contributed by atoms with Crippen molar-refractivity contribution in [3.05, 3.63) is 18.4 Å². The fraction of sp³-hybridized carbons (Fsp3) is 0.533. The van der Waals surface area contributed by atoms with Crippen LogP contribution < -0.4 is 5.32 Å². The molecule has 7 heteroatoms. The van der Waals surface area contributed by atoms with E-state index in [2.05, 4.69) is 29.4 Å². The maximum Gasteiger partial charge on any atom is 0.230 e. The minimum Gasteiger partial charge on any atom is -0.461 e. The summed E-state index contributed by atoms with van der Waals surface area (Å²) in [7, 11) is 0. The summed E-state index contributed by atoms with van der Waals surface area (Å²) in [5.74, 6) is 1.74. The van der Waals surface area contributed by atoms with Gasteiger partial charge in [0.1, 0.15) is 0 Å². The molecule has 0 fully saturated rings. The van der Waals surface area contributed by atoms with Crippen LogP contribution in [0, 0.1) is 0 Å². The van der Waals surface area contributed by atoms with Crippen molar-refractivity contribution in [1.29, 1.82) is 0 Å². The number of aromatic nitrogens is 3. The summed E-state index contributed by atoms with van der Waals surface area (Å²) in [5.41, 5.74) is 0. The van der Waals surface area contributed by atoms with Crippen LogP contribution in [0.3, 0.4) is 0 Å². The topological polar surface area (TPSA) is 73.0 Å². The van der Waals surface area contributed by atoms with Gasteiger partial charge in [0.15, 0.2) is 16.7 Å². The predicted octanol–water partition coefficient (Wildman–Crippen LogP) is 2.95. The van der Waals surface area contributed by atoms with Gasteiger partial charge in [-0.05, 0) is 31.9 Å². The van der Waals surface area contributed by atoms with Crippen molar-refractivity contribution in [3.63, 3.8) is 0 Å². The molecule has 2 heterocycles. The first-order chi connectivity index (χ1) is 10.7. The van der Waals surface area contributed by atoms with E-state index < -0.39 is 0 Å². The minimum atomic E-state index is 0.0314. The molecule has 2 aromatic rings. The van der Waals surface area contributed by atoms with Crippen LogP contribution in [0.1, 0.15) is 33.6 Å². The smallest absolute Gasteiger partial charge is 0.230 e. The summed E-state index contributed by atoms with van der Waals surface area (Å²) in [4.78, 5) is 12.0. The molecule has 2 aromatic heterocycles. The monoisotopic (exact) mass is 322 g/mol. The van der Waals surface area contributed by atoms with Crippen LogP contribution >= 0.6 is 11.8 Å². The standard InChI is InChI=1S/C15H22N4O2S/c1-4-11(5-2)16-13(20)10-22-15-18-17-14(19(15)6-3)12-8-7-9-21-12/h7-9,11H,4-6,10H2,1-3H3,(H,16,20). The van der Waals surface area contributed by atoms with Gasteiger partial charge in [0.05, 0.1) is 12.0 Å². The van der Waals surface area contributed by atoms with Crippen molar-refractivity contribution in [2.24, 2.45) is 0 Å². The molecule has 0 spiro atoms. The van der Waals surface area contributed by atoms with Crippen molar-refractivity contribution in [3.8, 4) is 11.6 Å². The SMILES string of the molecule is CCC(CC)NC(=O)CSc1nnc(-c2ccco2)n1CC. The molecular formula is C15H22N4O2S. The third kappa shape index (κ3) is 3.91. The maximum atomic E-state index is 12.0. The fourth-order valence-electron chi connectivity index (χ4n) is 2.16. The summed E-state index contributed by atoms with van der Waals surface area (Å²) in [6.07, 6.45) is 3.50. The molecule has 0 saturated heterocycles. The molecule has 22 heavy (non-hydrogen) atoms. The molecule has 0 aliphatic heterocycles. The van der Waals surface area contributed by atoms with Crippen molar-refractivity contribution in [2.45, 2.75) is 51.4 Å². The first kappa shape index (κ1) is 16.6. The molecule has 1 amide bonds. The van der Waals surface area contributed by atoms with Crippen LogP contribution in [-0.4, -0.2) is 32.5 Å². The van der Waals surface area contributed by atoms with Gasteiger partial charge in [0.2, 0.25) is 5.91 Å². The van der Waals surface area contributed by atoms with Gasteiger partial charge in [0.25, 0.3) is 0 Å². The van der Waals surface area contributed by atoms with Gasteiger partial charge in [-0.25, -0.2) is 0 Å². The molecule has 0 saturated carbocycles. The Balaban J connectivity index is 2.00. The van der Waals surface area contributed by atoms with E-state index in [0.29, 0.717) is 17.3 Å². The Hall–Kier alpha value is -1.76. The first-order valence-electron chi connectivity index (χ1n) is 7.58. The molecule has 120 valence electrons. The average Bonchev–Trinajstić information content (AvgIpc) is 3.18. The van der Waals surface area contributed by atoms with Gasteiger partial charge in [0, 0.05) is 12.6 Å². The molecule has 0 unspecified atom stereocenters. The van der Waals surface area contributed by atoms with Crippen LogP contribution in [-0.2, 0) is 11.3 Å². The number of furan rings is 1. The Kier molecular flexibility index (Phi) is 6.06. The summed E-state index contributed by atoms with van der Waals surface area (Å²) in [6.45, 7) is 6.89. The van der Waals surface area contributed by atoms with E-state index in [9.17, 15) is 4.79 Å². The Bertz CT molecular complexity index is 591. The van der Waals surface area contributed by atoms with Gasteiger partial charge in [-0.2, -0.15) is 0 Å². The fourth-order valence-corrected chi connectivity index (χ4v) is 2.97. The number of amides is 1. The highest BCUT2D eigenvalue weighted by molar-refractivity contribution is 7.99. The Morgan fingerprint density at radius 1 is 1.36 bits per heavy atom. The van der Waals surface area contributed by atoms with Gasteiger partial charge in [-0.1, -0.05) is 25.6 Å². The lowest BCUT2D eigenvalue weighted by Crippen LogP contribution is -2.35. The average molecular weight is 322 g/mol. The highest BCUT2D eigenvalue weighted by Crippen LogP contribution is 2.24. The number of carbonyl (C=O) groups excluding carboxylic acids is 1. The van der Waals surface area contributed by atoms with Gasteiger partial charge >= 0.3 is 0 Å². The molecule has 0 aliphatic rings. The van der Waals surface area contributed by atoms with Gasteiger partial charge in [-0.15, -0.1) is 10.2 Å². The molecule has 1 N–H and O–H groups in total. The van der Waals surface area contributed by atoms with Crippen LogP contribution in [0.25, 0.3) is 11.6 Å². The number of hydrogen-bond donors (Lipinski definition) is 1. The van der Waals surface area contributed by atoms with Crippen LogP contribution in [0.5, 0.6) is 0 Å². The summed E-state index contributed by atoms with van der Waals surface area (Å²) < 4.78 is 7.32. The van der Waals surface area contributed by atoms with Crippen molar-refractivity contribution in [1.82, 2.24) is 20.1 Å². The van der Waals surface area contributed by atoms with Crippen LogP contribution in [0.4, 0.5) is 0 Å². The molecule has 6 nitrogen and oxygen atoms in total. The number of hydrogen-bond acceptors (Lipinski definition) is 5. The Labute approximate surface area is 134 Å². The molecule has 0 aliphatic carbocycles. The zero-order valence-corrected chi connectivity index (χ0v) is 14.0. The molecule has 0 atom stereocenters. The second-order valence-electron chi connectivity index (χ2n) is 4.90. The first-order valence-corrected chi connectivity index (χ1v) is 8.57. The quantitative estimate of drug-likeness (QED) is 0.756. The molecule has 0 aromatic carbocycles. The van der Waals surface area contributed by atoms with Crippen molar-refractivity contribution >= 4 is 17.7 Å². The van der Waals surface area contributed by atoms with Crippen molar-refractivity contribution in [2.75, 3.05) is 5.75 Å². The summed E-state index contributed by atoms with van der Waals surface area (Å²) >= 11 is 1.40. The van der Waals surface area contributed by atoms with E-state index in [0.717, 1.165) is 24.5 Å². The van der Waals surface area contributed by atoms with Crippen LogP contribution in [0.15, 0.2) is 28.0 Å². The highest BCUT2D eigenvalue weighted by Gasteiger charge is 2.16. The van der Waals surface area contributed by atoms with Crippen LogP contribution in [0.2, 0.25) is 0 Å². The third-order valence-electron chi connectivity index (χ3n) is 3.46. The highest BCUT2D eigenvalue weighted by atomic mass is 32.2. The number of nitrogens with one attached hydrogen (secondary N) is 1. The third-order valence-corrected chi connectivity index (χ3v) is 4.42. The number of thioether (sulfide) groups is 1. The lowest BCUT2D eigenvalue weighted by Gasteiger charge is -2.14. The Morgan fingerprint density at radius 3 is 2.73 bits per heavy atom. The Morgan fingerprint density at radius 2 is 2.14 bits per heavy atom. The van der Waals surface area contributed by atoms with E-state index >= 15 is 0 Å². The van der Waals surface area contributed by atoms with E-state index in [1.807, 2.05) is 23.6 Å². The van der Waals surface area contributed by atoms with E-state index in [-0.39, 0.29) is 11.9 Å². The zero-order valence-electron chi connectivity index (χ0n) is 13.2. The molecule has 2 rings (SSSR count). The number of nitrogens with zero attached hydrogens (tertiary/aromatic N) is 3. The minimum absolute atomic E-state index is 0.0314. The van der Waals surface area contributed by atoms with Gasteiger partial charge < -0.3 is 9.73 Å². The maximum absolute atomic E-state index is 12.0. The largest absolute Gasteiger partial charge is 0.461 e. The van der Waals surface area contributed by atoms with E-state index in [1.54, 1.807) is 6.26 Å².